The SMILES string of the molecule is COC(=O)[C@@H](CN(C)C(=O)C1CN1C(c1ccccc1)(c1ccccc1)c1ccccc1)C(C)C. The molecule has 0 radical (unpaired) electrons. The van der Waals surface area contributed by atoms with E-state index in [2.05, 4.69) is 41.3 Å². The molecule has 3 aromatic rings. The Morgan fingerprint density at radius 3 is 1.69 bits per heavy atom. The summed E-state index contributed by atoms with van der Waals surface area (Å²) in [6.45, 7) is 4.93. The molecule has 4 rings (SSSR count). The van der Waals surface area contributed by atoms with Crippen molar-refractivity contribution in [2.24, 2.45) is 11.8 Å². The number of rotatable bonds is 9. The molecule has 0 N–H and O–H groups in total. The maximum absolute atomic E-state index is 13.7. The molecule has 5 heteroatoms. The van der Waals surface area contributed by atoms with E-state index in [1.54, 1.807) is 11.9 Å². The van der Waals surface area contributed by atoms with Crippen LogP contribution < -0.4 is 0 Å². The molecular weight excluding hydrogens is 436 g/mol. The third kappa shape index (κ3) is 4.73. The molecule has 0 spiro atoms. The van der Waals surface area contributed by atoms with Crippen molar-refractivity contribution in [3.63, 3.8) is 0 Å². The minimum absolute atomic E-state index is 0.0201. The smallest absolute Gasteiger partial charge is 0.310 e. The van der Waals surface area contributed by atoms with E-state index < -0.39 is 5.54 Å². The first-order valence-electron chi connectivity index (χ1n) is 12.2. The summed E-state index contributed by atoms with van der Waals surface area (Å²) in [5.41, 5.74) is 2.74. The summed E-state index contributed by atoms with van der Waals surface area (Å²) in [4.78, 5) is 29.9. The highest BCUT2D eigenvalue weighted by Gasteiger charge is 2.56. The molecule has 1 amide bonds. The van der Waals surface area contributed by atoms with Crippen molar-refractivity contribution < 1.29 is 14.3 Å². The lowest BCUT2D eigenvalue weighted by Gasteiger charge is -2.38. The normalized spacial score (nSPS) is 18.1. The number of hydrogen-bond acceptors (Lipinski definition) is 4. The molecule has 0 bridgehead atoms. The van der Waals surface area contributed by atoms with Gasteiger partial charge in [0.05, 0.1) is 18.6 Å². The summed E-state index contributed by atoms with van der Waals surface area (Å²) in [7, 11) is 3.18. The molecule has 1 heterocycles. The molecule has 0 saturated carbocycles. The van der Waals surface area contributed by atoms with Gasteiger partial charge in [-0.25, -0.2) is 0 Å². The number of carbonyl (C=O) groups excluding carboxylic acids is 2. The van der Waals surface area contributed by atoms with Crippen molar-refractivity contribution in [1.29, 1.82) is 0 Å². The zero-order valence-electron chi connectivity index (χ0n) is 20.9. The van der Waals surface area contributed by atoms with Crippen molar-refractivity contribution >= 4 is 11.9 Å². The number of amides is 1. The van der Waals surface area contributed by atoms with Gasteiger partial charge in [0.25, 0.3) is 0 Å². The zero-order chi connectivity index (χ0) is 25.0. The molecular formula is C30H34N2O3. The van der Waals surface area contributed by atoms with Gasteiger partial charge in [0.2, 0.25) is 5.91 Å². The van der Waals surface area contributed by atoms with Crippen LogP contribution in [0.3, 0.4) is 0 Å². The van der Waals surface area contributed by atoms with Crippen LogP contribution in [0.2, 0.25) is 0 Å². The van der Waals surface area contributed by atoms with Gasteiger partial charge in [0.1, 0.15) is 6.04 Å². The fourth-order valence-electron chi connectivity index (χ4n) is 5.11. The van der Waals surface area contributed by atoms with Gasteiger partial charge in [-0.3, -0.25) is 14.5 Å². The molecule has 0 aromatic heterocycles. The number of esters is 1. The molecule has 3 atom stereocenters. The first kappa shape index (κ1) is 24.7. The average Bonchev–Trinajstić information content (AvgIpc) is 3.69. The minimum atomic E-state index is -0.606. The van der Waals surface area contributed by atoms with Crippen LogP contribution in [0, 0.1) is 11.8 Å². The second-order valence-electron chi connectivity index (χ2n) is 9.57. The first-order chi connectivity index (χ1) is 16.9. The predicted octanol–water partition coefficient (Wildman–Crippen LogP) is 4.57. The van der Waals surface area contributed by atoms with Crippen LogP contribution in [0.4, 0.5) is 0 Å². The Bertz CT molecular complexity index is 1040. The van der Waals surface area contributed by atoms with Gasteiger partial charge in [0, 0.05) is 20.1 Å². The maximum atomic E-state index is 13.7. The van der Waals surface area contributed by atoms with Crippen LogP contribution in [0.15, 0.2) is 91.0 Å². The Morgan fingerprint density at radius 1 is 0.886 bits per heavy atom. The minimum Gasteiger partial charge on any atom is -0.469 e. The zero-order valence-corrected chi connectivity index (χ0v) is 20.9. The first-order valence-corrected chi connectivity index (χ1v) is 12.2. The maximum Gasteiger partial charge on any atom is 0.310 e. The van der Waals surface area contributed by atoms with E-state index in [1.165, 1.54) is 7.11 Å². The van der Waals surface area contributed by atoms with E-state index in [9.17, 15) is 9.59 Å². The Balaban J connectivity index is 1.73. The summed E-state index contributed by atoms with van der Waals surface area (Å²) in [6, 6.07) is 30.9. The molecule has 3 aromatic carbocycles. The third-order valence-corrected chi connectivity index (χ3v) is 7.06. The van der Waals surface area contributed by atoms with E-state index in [0.717, 1.165) is 16.7 Å². The van der Waals surface area contributed by atoms with Crippen LogP contribution in [0.1, 0.15) is 30.5 Å². The fourth-order valence-corrected chi connectivity index (χ4v) is 5.11. The van der Waals surface area contributed by atoms with Gasteiger partial charge >= 0.3 is 5.97 Å². The molecule has 1 aliphatic heterocycles. The Kier molecular flexibility index (Phi) is 7.37. The van der Waals surface area contributed by atoms with Gasteiger partial charge in [-0.15, -0.1) is 0 Å². The molecule has 1 aliphatic rings. The molecule has 1 fully saturated rings. The lowest BCUT2D eigenvalue weighted by atomic mass is 9.76. The van der Waals surface area contributed by atoms with Gasteiger partial charge in [0.15, 0.2) is 0 Å². The van der Waals surface area contributed by atoms with Crippen LogP contribution in [0.5, 0.6) is 0 Å². The van der Waals surface area contributed by atoms with E-state index in [-0.39, 0.29) is 29.8 Å². The highest BCUT2D eigenvalue weighted by Crippen LogP contribution is 2.48. The van der Waals surface area contributed by atoms with Gasteiger partial charge in [-0.1, -0.05) is 105 Å². The summed E-state index contributed by atoms with van der Waals surface area (Å²) in [5, 5.41) is 0. The van der Waals surface area contributed by atoms with E-state index in [4.69, 9.17) is 4.74 Å². The number of methoxy groups -OCH3 is 1. The summed E-state index contributed by atoms with van der Waals surface area (Å²) >= 11 is 0. The summed E-state index contributed by atoms with van der Waals surface area (Å²) in [6.07, 6.45) is 0. The second-order valence-corrected chi connectivity index (χ2v) is 9.57. The molecule has 35 heavy (non-hydrogen) atoms. The molecule has 0 aliphatic carbocycles. The van der Waals surface area contributed by atoms with Crippen LogP contribution >= 0.6 is 0 Å². The topological polar surface area (TPSA) is 49.6 Å². The highest BCUT2D eigenvalue weighted by molar-refractivity contribution is 5.86. The Labute approximate surface area is 208 Å². The van der Waals surface area contributed by atoms with Gasteiger partial charge in [-0.2, -0.15) is 0 Å². The predicted molar refractivity (Wildman–Crippen MR) is 138 cm³/mol. The Hall–Kier alpha value is -3.44. The molecule has 182 valence electrons. The standard InChI is InChI=1S/C30H34N2O3/c1-22(2)26(29(34)35-4)20-31(3)28(33)27-21-32(27)30(23-14-8-5-9-15-23,24-16-10-6-11-17-24)25-18-12-7-13-19-25/h5-19,22,26-27H,20-21H2,1-4H3/t26-,27?,32?/m0/s1. The van der Waals surface area contributed by atoms with Gasteiger partial charge < -0.3 is 9.64 Å². The largest absolute Gasteiger partial charge is 0.469 e. The van der Waals surface area contributed by atoms with E-state index >= 15 is 0 Å². The van der Waals surface area contributed by atoms with Crippen molar-refractivity contribution in [2.75, 3.05) is 27.2 Å². The average molecular weight is 471 g/mol. The summed E-state index contributed by atoms with van der Waals surface area (Å²) < 4.78 is 4.99. The molecule has 2 unspecified atom stereocenters. The summed E-state index contributed by atoms with van der Waals surface area (Å²) in [5.74, 6) is -0.542. The number of nitrogens with zero attached hydrogens (tertiary/aromatic N) is 2. The lowest BCUT2D eigenvalue weighted by molar-refractivity contribution is -0.148. The van der Waals surface area contributed by atoms with Crippen molar-refractivity contribution in [3.05, 3.63) is 108 Å². The molecule has 5 nitrogen and oxygen atoms in total. The number of carbonyl (C=O) groups is 2. The monoisotopic (exact) mass is 470 g/mol. The quantitative estimate of drug-likeness (QED) is 0.261. The van der Waals surface area contributed by atoms with E-state index in [1.807, 2.05) is 68.4 Å². The van der Waals surface area contributed by atoms with Crippen LogP contribution in [-0.4, -0.2) is 55.0 Å². The Morgan fingerprint density at radius 2 is 1.31 bits per heavy atom. The fraction of sp³-hybridized carbons (Fsp3) is 0.333. The number of hydrogen-bond donors (Lipinski definition) is 0. The van der Waals surface area contributed by atoms with Crippen LogP contribution in [0.25, 0.3) is 0 Å². The second kappa shape index (κ2) is 10.4. The van der Waals surface area contributed by atoms with Gasteiger partial charge in [-0.05, 0) is 22.6 Å². The number of likely N-dealkylation sites (N-methyl/N-ethyl adjacent to an activating group) is 1. The van der Waals surface area contributed by atoms with Crippen molar-refractivity contribution in [3.8, 4) is 0 Å². The number of ether oxygens (including phenoxy) is 1. The lowest BCUT2D eigenvalue weighted by Crippen LogP contribution is -2.44. The molecule has 1 saturated heterocycles. The third-order valence-electron chi connectivity index (χ3n) is 7.06. The van der Waals surface area contributed by atoms with Crippen molar-refractivity contribution in [2.45, 2.75) is 25.4 Å². The van der Waals surface area contributed by atoms with Crippen LogP contribution in [-0.2, 0) is 19.9 Å². The van der Waals surface area contributed by atoms with Crippen molar-refractivity contribution in [1.82, 2.24) is 9.80 Å². The number of benzene rings is 3. The highest BCUT2D eigenvalue weighted by atomic mass is 16.5. The van der Waals surface area contributed by atoms with E-state index in [0.29, 0.717) is 13.1 Å².